The predicted octanol–water partition coefficient (Wildman–Crippen LogP) is 2.81. The molecule has 0 unspecified atom stereocenters. The normalized spacial score (nSPS) is 18.8. The van der Waals surface area contributed by atoms with Crippen molar-refractivity contribution in [3.8, 4) is 17.3 Å². The molecule has 9 heteroatoms. The van der Waals surface area contributed by atoms with Gasteiger partial charge in [0.25, 0.3) is 0 Å². The molecule has 0 aliphatic carbocycles. The van der Waals surface area contributed by atoms with Gasteiger partial charge >= 0.3 is 0 Å². The summed E-state index contributed by atoms with van der Waals surface area (Å²) >= 11 is 0. The van der Waals surface area contributed by atoms with Gasteiger partial charge in [0, 0.05) is 49.0 Å². The summed E-state index contributed by atoms with van der Waals surface area (Å²) in [5.74, 6) is 2.67. The van der Waals surface area contributed by atoms with Crippen molar-refractivity contribution in [2.24, 2.45) is 0 Å². The zero-order chi connectivity index (χ0) is 21.3. The van der Waals surface area contributed by atoms with Gasteiger partial charge in [-0.15, -0.1) is 0 Å². The summed E-state index contributed by atoms with van der Waals surface area (Å²) in [5.41, 5.74) is 4.91. The number of anilines is 3. The molecule has 3 aromatic heterocycles. The fourth-order valence-electron chi connectivity index (χ4n) is 4.78. The highest BCUT2D eigenvalue weighted by Gasteiger charge is 2.27. The molecule has 32 heavy (non-hydrogen) atoms. The molecule has 3 aliphatic rings. The molecule has 0 saturated carbocycles. The Labute approximate surface area is 186 Å². The Bertz CT molecular complexity index is 1090. The number of ether oxygens (including phenoxy) is 2. The van der Waals surface area contributed by atoms with Crippen LogP contribution in [-0.2, 0) is 11.3 Å². The Balaban J connectivity index is 1.43. The average Bonchev–Trinajstić information content (AvgIpc) is 3.32. The van der Waals surface area contributed by atoms with Gasteiger partial charge in [-0.25, -0.2) is 15.0 Å². The quantitative estimate of drug-likeness (QED) is 0.580. The summed E-state index contributed by atoms with van der Waals surface area (Å²) in [4.78, 5) is 19.7. The number of nitrogens with one attached hydrogen (secondary N) is 3. The highest BCUT2D eigenvalue weighted by atomic mass is 16.5. The summed E-state index contributed by atoms with van der Waals surface area (Å²) in [6, 6.07) is 4.20. The van der Waals surface area contributed by atoms with Crippen LogP contribution in [-0.4, -0.2) is 59.3 Å². The number of pyridine rings is 2. The molecule has 166 valence electrons. The molecule has 6 heterocycles. The Hall–Kier alpha value is -3.17. The van der Waals surface area contributed by atoms with E-state index < -0.39 is 0 Å². The summed E-state index contributed by atoms with van der Waals surface area (Å²) < 4.78 is 11.9. The van der Waals surface area contributed by atoms with Gasteiger partial charge in [0.1, 0.15) is 18.1 Å². The molecule has 0 aromatic carbocycles. The maximum atomic E-state index is 6.41. The Kier molecular flexibility index (Phi) is 5.12. The minimum absolute atomic E-state index is 0.410. The second kappa shape index (κ2) is 8.40. The SMILES string of the molecule is c1c[nH]c(-c2nc(C3CCNCC3)cc3c2OCc2c(N4CCOCC4)ccnc2N3)n1. The lowest BCUT2D eigenvalue weighted by molar-refractivity contribution is 0.122. The van der Waals surface area contributed by atoms with Crippen LogP contribution in [0.5, 0.6) is 5.75 Å². The van der Waals surface area contributed by atoms with E-state index in [4.69, 9.17) is 14.5 Å². The minimum Gasteiger partial charge on any atom is -0.484 e. The molecule has 0 radical (unpaired) electrons. The van der Waals surface area contributed by atoms with Crippen molar-refractivity contribution in [2.45, 2.75) is 25.4 Å². The van der Waals surface area contributed by atoms with E-state index in [1.807, 2.05) is 12.4 Å². The van der Waals surface area contributed by atoms with Crippen LogP contribution in [0.3, 0.4) is 0 Å². The molecule has 0 amide bonds. The first-order valence-electron chi connectivity index (χ1n) is 11.3. The maximum absolute atomic E-state index is 6.41. The van der Waals surface area contributed by atoms with Crippen LogP contribution < -0.4 is 20.3 Å². The first kappa shape index (κ1) is 19.5. The van der Waals surface area contributed by atoms with E-state index in [1.165, 1.54) is 0 Å². The van der Waals surface area contributed by atoms with Crippen molar-refractivity contribution in [1.29, 1.82) is 0 Å². The topological polar surface area (TPSA) is 100 Å². The zero-order valence-corrected chi connectivity index (χ0v) is 17.9. The average molecular weight is 434 g/mol. The molecule has 2 fully saturated rings. The largest absolute Gasteiger partial charge is 0.484 e. The molecule has 3 N–H and O–H groups in total. The second-order valence-corrected chi connectivity index (χ2v) is 8.40. The monoisotopic (exact) mass is 433 g/mol. The van der Waals surface area contributed by atoms with Gasteiger partial charge in [0.2, 0.25) is 0 Å². The van der Waals surface area contributed by atoms with Crippen LogP contribution in [0.4, 0.5) is 17.2 Å². The molecule has 0 spiro atoms. The number of hydrogen-bond donors (Lipinski definition) is 3. The van der Waals surface area contributed by atoms with Crippen molar-refractivity contribution < 1.29 is 9.47 Å². The Morgan fingerprint density at radius 2 is 1.94 bits per heavy atom. The van der Waals surface area contributed by atoms with Crippen LogP contribution in [0.15, 0.2) is 30.7 Å². The number of morpholine rings is 1. The number of hydrogen-bond acceptors (Lipinski definition) is 8. The molecular formula is C23H27N7O2. The molecule has 0 atom stereocenters. The smallest absolute Gasteiger partial charge is 0.172 e. The van der Waals surface area contributed by atoms with E-state index in [0.29, 0.717) is 24.1 Å². The third-order valence-corrected chi connectivity index (χ3v) is 6.47. The number of aromatic amines is 1. The van der Waals surface area contributed by atoms with E-state index in [-0.39, 0.29) is 0 Å². The number of H-pyrrole nitrogens is 1. The Morgan fingerprint density at radius 1 is 1.06 bits per heavy atom. The third kappa shape index (κ3) is 3.57. The molecule has 2 saturated heterocycles. The molecule has 0 bridgehead atoms. The summed E-state index contributed by atoms with van der Waals surface area (Å²) in [6.45, 7) is 5.63. The fourth-order valence-corrected chi connectivity index (χ4v) is 4.78. The van der Waals surface area contributed by atoms with Gasteiger partial charge in [-0.3, -0.25) is 0 Å². The lowest BCUT2D eigenvalue weighted by atomic mass is 9.93. The lowest BCUT2D eigenvalue weighted by Crippen LogP contribution is -2.37. The highest BCUT2D eigenvalue weighted by molar-refractivity contribution is 5.78. The number of piperidine rings is 1. The van der Waals surface area contributed by atoms with Gasteiger partial charge in [0.05, 0.1) is 24.5 Å². The number of aromatic nitrogens is 4. The summed E-state index contributed by atoms with van der Waals surface area (Å²) in [7, 11) is 0. The van der Waals surface area contributed by atoms with E-state index in [1.54, 1.807) is 6.20 Å². The standard InChI is InChI=1S/C23H27N7O2/c1-4-24-5-2-15(1)17-13-18-21(20(28-17)23-26-7-8-27-23)32-14-16-19(3-6-25-22(16)29-18)30-9-11-31-12-10-30/h3,6-8,13,15,24H,1-2,4-5,9-12,14H2,(H,25,29)(H,26,27). The lowest BCUT2D eigenvalue weighted by Gasteiger charge is -2.30. The molecule has 3 aromatic rings. The minimum atomic E-state index is 0.410. The van der Waals surface area contributed by atoms with Crippen molar-refractivity contribution in [3.63, 3.8) is 0 Å². The maximum Gasteiger partial charge on any atom is 0.172 e. The molecule has 9 nitrogen and oxygen atoms in total. The van der Waals surface area contributed by atoms with E-state index >= 15 is 0 Å². The highest BCUT2D eigenvalue weighted by Crippen LogP contribution is 2.43. The van der Waals surface area contributed by atoms with Crippen molar-refractivity contribution in [1.82, 2.24) is 25.3 Å². The van der Waals surface area contributed by atoms with Gasteiger partial charge in [-0.1, -0.05) is 0 Å². The number of rotatable bonds is 3. The van der Waals surface area contributed by atoms with Crippen LogP contribution >= 0.6 is 0 Å². The van der Waals surface area contributed by atoms with Crippen molar-refractivity contribution in [3.05, 3.63) is 42.0 Å². The van der Waals surface area contributed by atoms with Crippen LogP contribution in [0.2, 0.25) is 0 Å². The molecule has 3 aliphatic heterocycles. The van der Waals surface area contributed by atoms with Crippen molar-refractivity contribution >= 4 is 17.2 Å². The number of nitrogens with zero attached hydrogens (tertiary/aromatic N) is 4. The van der Waals surface area contributed by atoms with Gasteiger partial charge in [-0.2, -0.15) is 0 Å². The van der Waals surface area contributed by atoms with Gasteiger partial charge in [0.15, 0.2) is 11.6 Å². The van der Waals surface area contributed by atoms with E-state index in [0.717, 1.165) is 86.4 Å². The van der Waals surface area contributed by atoms with E-state index in [2.05, 4.69) is 42.6 Å². The third-order valence-electron chi connectivity index (χ3n) is 6.47. The Morgan fingerprint density at radius 3 is 2.75 bits per heavy atom. The predicted molar refractivity (Wildman–Crippen MR) is 122 cm³/mol. The number of imidazole rings is 1. The van der Waals surface area contributed by atoms with Crippen molar-refractivity contribution in [2.75, 3.05) is 49.6 Å². The number of fused-ring (bicyclic) bond motifs is 2. The van der Waals surface area contributed by atoms with Crippen LogP contribution in [0, 0.1) is 0 Å². The summed E-state index contributed by atoms with van der Waals surface area (Å²) in [5, 5.41) is 7.01. The molecular weight excluding hydrogens is 406 g/mol. The van der Waals surface area contributed by atoms with Gasteiger partial charge in [-0.05, 0) is 38.1 Å². The second-order valence-electron chi connectivity index (χ2n) is 8.40. The van der Waals surface area contributed by atoms with Crippen LogP contribution in [0.1, 0.15) is 30.0 Å². The first-order chi connectivity index (χ1) is 15.9. The fraction of sp³-hybridized carbons (Fsp3) is 0.435. The van der Waals surface area contributed by atoms with E-state index in [9.17, 15) is 0 Å². The van der Waals surface area contributed by atoms with Crippen LogP contribution in [0.25, 0.3) is 11.5 Å². The first-order valence-corrected chi connectivity index (χ1v) is 11.3. The van der Waals surface area contributed by atoms with Gasteiger partial charge < -0.3 is 30.0 Å². The zero-order valence-electron chi connectivity index (χ0n) is 17.9. The molecule has 6 rings (SSSR count). The summed E-state index contributed by atoms with van der Waals surface area (Å²) in [6.07, 6.45) is 7.57.